The summed E-state index contributed by atoms with van der Waals surface area (Å²) >= 11 is 0. The van der Waals surface area contributed by atoms with Crippen LogP contribution in [0.2, 0.25) is 0 Å². The van der Waals surface area contributed by atoms with E-state index in [0.717, 1.165) is 40.8 Å². The van der Waals surface area contributed by atoms with Gasteiger partial charge in [-0.3, -0.25) is 4.90 Å². The van der Waals surface area contributed by atoms with Crippen LogP contribution in [0.1, 0.15) is 60.7 Å². The van der Waals surface area contributed by atoms with Crippen molar-refractivity contribution in [2.75, 3.05) is 11.9 Å². The summed E-state index contributed by atoms with van der Waals surface area (Å²) in [7, 11) is 0. The van der Waals surface area contributed by atoms with Crippen molar-refractivity contribution in [3.8, 4) is 5.75 Å². The molecule has 2 aliphatic heterocycles. The molecule has 158 valence electrons. The third-order valence-electron chi connectivity index (χ3n) is 6.04. The maximum atomic E-state index is 13.5. The number of aromatic hydroxyl groups is 1. The largest absolute Gasteiger partial charge is 0.507 e. The van der Waals surface area contributed by atoms with Crippen LogP contribution >= 0.6 is 0 Å². The quantitative estimate of drug-likeness (QED) is 0.762. The highest BCUT2D eigenvalue weighted by molar-refractivity contribution is 5.43. The minimum absolute atomic E-state index is 0.00601. The molecule has 0 spiro atoms. The van der Waals surface area contributed by atoms with E-state index in [1.165, 1.54) is 0 Å². The van der Waals surface area contributed by atoms with E-state index in [0.29, 0.717) is 23.8 Å². The van der Waals surface area contributed by atoms with E-state index in [9.17, 15) is 18.3 Å². The molecule has 0 aliphatic carbocycles. The molecule has 0 bridgehead atoms. The number of phenols is 1. The van der Waals surface area contributed by atoms with Crippen molar-refractivity contribution >= 4 is 5.82 Å². The molecule has 1 saturated heterocycles. The Bertz CT molecular complexity index is 885. The standard InChI is InChI=1S/C21H27F3N4O/c1-12-7-15(8-13(2)20(12)29)11-27-6-4-5-17(27)16-10-19-25-14(3)9-18(21(22,23)24)28(19)26-16/h7-8,10,14,17-18,25,29H,4-6,9,11H2,1-3H3/t14-,17?,18-/m1/s1. The zero-order valence-electron chi connectivity index (χ0n) is 16.9. The van der Waals surface area contributed by atoms with Crippen molar-refractivity contribution < 1.29 is 18.3 Å². The fourth-order valence-corrected chi connectivity index (χ4v) is 4.66. The number of likely N-dealkylation sites (tertiary alicyclic amines) is 1. The molecule has 29 heavy (non-hydrogen) atoms. The normalized spacial score (nSPS) is 25.1. The molecule has 0 radical (unpaired) electrons. The predicted molar refractivity (Wildman–Crippen MR) is 105 cm³/mol. The highest BCUT2D eigenvalue weighted by Crippen LogP contribution is 2.41. The second kappa shape index (κ2) is 7.23. The number of alkyl halides is 3. The van der Waals surface area contributed by atoms with Crippen molar-refractivity contribution in [3.05, 3.63) is 40.6 Å². The summed E-state index contributed by atoms with van der Waals surface area (Å²) in [6.07, 6.45) is -2.48. The Morgan fingerprint density at radius 1 is 1.21 bits per heavy atom. The van der Waals surface area contributed by atoms with Gasteiger partial charge in [-0.15, -0.1) is 0 Å². The molecule has 8 heteroatoms. The molecule has 3 heterocycles. The Hall–Kier alpha value is -2.22. The van der Waals surface area contributed by atoms with Crippen LogP contribution in [0.25, 0.3) is 0 Å². The number of fused-ring (bicyclic) bond motifs is 1. The number of nitrogens with one attached hydrogen (secondary N) is 1. The Morgan fingerprint density at radius 3 is 2.55 bits per heavy atom. The summed E-state index contributed by atoms with van der Waals surface area (Å²) in [4.78, 5) is 2.27. The summed E-state index contributed by atoms with van der Waals surface area (Å²) in [5.74, 6) is 0.760. The van der Waals surface area contributed by atoms with Crippen LogP contribution in [0, 0.1) is 13.8 Å². The number of benzene rings is 1. The highest BCUT2D eigenvalue weighted by Gasteiger charge is 2.46. The molecule has 2 N–H and O–H groups in total. The molecule has 4 rings (SSSR count). The first-order chi connectivity index (χ1) is 13.6. The fraction of sp³-hybridized carbons (Fsp3) is 0.571. The minimum Gasteiger partial charge on any atom is -0.507 e. The Morgan fingerprint density at radius 2 is 1.90 bits per heavy atom. The van der Waals surface area contributed by atoms with Gasteiger partial charge in [0.1, 0.15) is 11.6 Å². The summed E-state index contributed by atoms with van der Waals surface area (Å²) < 4.78 is 41.7. The maximum Gasteiger partial charge on any atom is 0.410 e. The topological polar surface area (TPSA) is 53.3 Å². The van der Waals surface area contributed by atoms with Crippen LogP contribution in [0.4, 0.5) is 19.0 Å². The van der Waals surface area contributed by atoms with Crippen molar-refractivity contribution in [2.45, 2.75) is 70.9 Å². The van der Waals surface area contributed by atoms with Crippen LogP contribution in [-0.4, -0.2) is 38.5 Å². The smallest absolute Gasteiger partial charge is 0.410 e. The lowest BCUT2D eigenvalue weighted by Gasteiger charge is -2.31. The SMILES string of the molecule is Cc1cc(CN2CCCC2c2cc3n(n2)[C@@H](C(F)(F)F)C[C@@H](C)N3)cc(C)c1O. The molecular formula is C21H27F3N4O. The molecule has 2 aromatic rings. The zero-order valence-corrected chi connectivity index (χ0v) is 16.9. The van der Waals surface area contributed by atoms with E-state index in [4.69, 9.17) is 0 Å². The molecular weight excluding hydrogens is 381 g/mol. The second-order valence-corrected chi connectivity index (χ2v) is 8.44. The van der Waals surface area contributed by atoms with Gasteiger partial charge in [0.15, 0.2) is 6.04 Å². The molecule has 1 aromatic carbocycles. The first-order valence-corrected chi connectivity index (χ1v) is 10.1. The van der Waals surface area contributed by atoms with E-state index < -0.39 is 12.2 Å². The molecule has 1 fully saturated rings. The molecule has 3 atom stereocenters. The van der Waals surface area contributed by atoms with Crippen LogP contribution < -0.4 is 5.32 Å². The number of phenolic OH excluding ortho intramolecular Hbond substituents is 1. The van der Waals surface area contributed by atoms with E-state index in [1.54, 1.807) is 13.0 Å². The van der Waals surface area contributed by atoms with Crippen molar-refractivity contribution in [1.29, 1.82) is 0 Å². The highest BCUT2D eigenvalue weighted by atomic mass is 19.4. The number of hydrogen-bond acceptors (Lipinski definition) is 4. The van der Waals surface area contributed by atoms with E-state index in [2.05, 4.69) is 15.3 Å². The van der Waals surface area contributed by atoms with Gasteiger partial charge in [0.05, 0.1) is 11.7 Å². The van der Waals surface area contributed by atoms with Gasteiger partial charge in [0.25, 0.3) is 0 Å². The lowest BCUT2D eigenvalue weighted by molar-refractivity contribution is -0.173. The fourth-order valence-electron chi connectivity index (χ4n) is 4.66. The summed E-state index contributed by atoms with van der Waals surface area (Å²) in [6, 6.07) is 3.89. The molecule has 0 amide bonds. The van der Waals surface area contributed by atoms with E-state index in [-0.39, 0.29) is 18.5 Å². The Balaban J connectivity index is 1.60. The third kappa shape index (κ3) is 3.82. The summed E-state index contributed by atoms with van der Waals surface area (Å²) in [6.45, 7) is 7.08. The van der Waals surface area contributed by atoms with Crippen molar-refractivity contribution in [2.24, 2.45) is 0 Å². The van der Waals surface area contributed by atoms with Gasteiger partial charge in [-0.25, -0.2) is 4.68 Å². The lowest BCUT2D eigenvalue weighted by atomic mass is 10.0. The van der Waals surface area contributed by atoms with Gasteiger partial charge in [-0.05, 0) is 63.3 Å². The Labute approximate surface area is 168 Å². The lowest BCUT2D eigenvalue weighted by Crippen LogP contribution is -2.37. The van der Waals surface area contributed by atoms with Gasteiger partial charge < -0.3 is 10.4 Å². The Kier molecular flexibility index (Phi) is 5.01. The third-order valence-corrected chi connectivity index (χ3v) is 6.04. The number of rotatable bonds is 3. The number of aromatic nitrogens is 2. The zero-order chi connectivity index (χ0) is 20.9. The van der Waals surface area contributed by atoms with Gasteiger partial charge in [-0.1, -0.05) is 12.1 Å². The van der Waals surface area contributed by atoms with E-state index in [1.807, 2.05) is 26.0 Å². The minimum atomic E-state index is -4.31. The number of halogens is 3. The van der Waals surface area contributed by atoms with Crippen LogP contribution in [0.3, 0.4) is 0 Å². The average molecular weight is 408 g/mol. The van der Waals surface area contributed by atoms with Crippen LogP contribution in [0.5, 0.6) is 5.75 Å². The van der Waals surface area contributed by atoms with Gasteiger partial charge in [0, 0.05) is 18.7 Å². The average Bonchev–Trinajstić information content (AvgIpc) is 3.24. The number of anilines is 1. The predicted octanol–water partition coefficient (Wildman–Crippen LogP) is 4.85. The molecule has 1 aromatic heterocycles. The van der Waals surface area contributed by atoms with Gasteiger partial charge >= 0.3 is 6.18 Å². The number of aryl methyl sites for hydroxylation is 2. The van der Waals surface area contributed by atoms with Crippen molar-refractivity contribution in [1.82, 2.24) is 14.7 Å². The molecule has 5 nitrogen and oxygen atoms in total. The van der Waals surface area contributed by atoms with Gasteiger partial charge in [-0.2, -0.15) is 18.3 Å². The second-order valence-electron chi connectivity index (χ2n) is 8.44. The number of hydrogen-bond donors (Lipinski definition) is 2. The van der Waals surface area contributed by atoms with Gasteiger partial charge in [0.2, 0.25) is 0 Å². The summed E-state index contributed by atoms with van der Waals surface area (Å²) in [5.41, 5.74) is 3.45. The van der Waals surface area contributed by atoms with Crippen LogP contribution in [0.15, 0.2) is 18.2 Å². The first-order valence-electron chi connectivity index (χ1n) is 10.1. The van der Waals surface area contributed by atoms with Crippen LogP contribution in [-0.2, 0) is 6.54 Å². The number of nitrogens with zero attached hydrogens (tertiary/aromatic N) is 3. The van der Waals surface area contributed by atoms with Crippen molar-refractivity contribution in [3.63, 3.8) is 0 Å². The molecule has 2 aliphatic rings. The monoisotopic (exact) mass is 408 g/mol. The molecule has 1 unspecified atom stereocenters. The first kappa shape index (κ1) is 20.1. The maximum absolute atomic E-state index is 13.5. The molecule has 0 saturated carbocycles. The van der Waals surface area contributed by atoms with E-state index >= 15 is 0 Å². The summed E-state index contributed by atoms with van der Waals surface area (Å²) in [5, 5.41) is 17.6.